The Labute approximate surface area is 193 Å². The van der Waals surface area contributed by atoms with Crippen LogP contribution >= 0.6 is 7.92 Å². The standard InChI is InChI=1S/C25H19NP.ClH.Pd/c1-4-12-21(13-5-1)20-26-24-18-10-11-19-25(24)27(22-14-6-2-7-15-22)23-16-8-3-9-17-23;;/h1-12,14-20H;1H;/p-1. The van der Waals surface area contributed by atoms with E-state index in [2.05, 4.69) is 84.9 Å². The van der Waals surface area contributed by atoms with Gasteiger partial charge < -0.3 is 12.4 Å². The molecule has 0 aliphatic rings. The monoisotopic (exact) mass is 505 g/mol. The van der Waals surface area contributed by atoms with Gasteiger partial charge in [-0.15, -0.1) is 0 Å². The van der Waals surface area contributed by atoms with Crippen LogP contribution in [0.25, 0.3) is 0 Å². The van der Waals surface area contributed by atoms with E-state index in [0.29, 0.717) is 0 Å². The molecule has 1 nitrogen and oxygen atoms in total. The molecule has 29 heavy (non-hydrogen) atoms. The minimum Gasteiger partial charge on any atom is -1.00 e. The van der Waals surface area contributed by atoms with Crippen LogP contribution in [0.5, 0.6) is 0 Å². The smallest absolute Gasteiger partial charge is 0.0713 e. The Morgan fingerprint density at radius 2 is 1.21 bits per heavy atom. The van der Waals surface area contributed by atoms with Crippen molar-refractivity contribution in [2.45, 2.75) is 0 Å². The maximum absolute atomic E-state index is 4.81. The number of nitrogens with zero attached hydrogens (tertiary/aromatic N) is 1. The van der Waals surface area contributed by atoms with Crippen molar-refractivity contribution in [1.82, 2.24) is 0 Å². The molecule has 0 heterocycles. The van der Waals surface area contributed by atoms with E-state index in [0.717, 1.165) is 11.3 Å². The van der Waals surface area contributed by atoms with Crippen LogP contribution in [0.15, 0.2) is 114 Å². The Morgan fingerprint density at radius 3 is 1.79 bits per heavy atom. The van der Waals surface area contributed by atoms with Gasteiger partial charge in [-0.1, -0.05) is 103 Å². The number of benzene rings is 4. The summed E-state index contributed by atoms with van der Waals surface area (Å²) in [5, 5.41) is 3.91. The average molecular weight is 506 g/mol. The van der Waals surface area contributed by atoms with Crippen molar-refractivity contribution in [2.24, 2.45) is 4.99 Å². The third kappa shape index (κ3) is 5.96. The van der Waals surface area contributed by atoms with Gasteiger partial charge in [-0.25, -0.2) is 0 Å². The van der Waals surface area contributed by atoms with E-state index in [9.17, 15) is 0 Å². The van der Waals surface area contributed by atoms with Crippen LogP contribution in [-0.4, -0.2) is 6.21 Å². The van der Waals surface area contributed by atoms with Crippen LogP contribution < -0.4 is 28.3 Å². The van der Waals surface area contributed by atoms with E-state index >= 15 is 0 Å². The SMILES string of the molecule is [Cl-].[Pd].[c]1ccccc1C=Nc1ccccc1P(c1ccccc1)c1ccccc1. The number of hydrogen-bond acceptors (Lipinski definition) is 1. The molecule has 4 heteroatoms. The van der Waals surface area contributed by atoms with Gasteiger partial charge in [0.05, 0.1) is 5.69 Å². The molecule has 0 amide bonds. The zero-order chi connectivity index (χ0) is 18.3. The molecule has 0 aliphatic carbocycles. The molecule has 0 aromatic heterocycles. The Morgan fingerprint density at radius 1 is 0.655 bits per heavy atom. The second-order valence-corrected chi connectivity index (χ2v) is 8.26. The van der Waals surface area contributed by atoms with Crippen molar-refractivity contribution in [1.29, 1.82) is 0 Å². The zero-order valence-electron chi connectivity index (χ0n) is 15.6. The Bertz CT molecular complexity index is 985. The van der Waals surface area contributed by atoms with Crippen molar-refractivity contribution in [3.8, 4) is 0 Å². The van der Waals surface area contributed by atoms with Gasteiger partial charge in [0.2, 0.25) is 0 Å². The third-order valence-corrected chi connectivity index (χ3v) is 6.72. The molecule has 0 N–H and O–H groups in total. The molecule has 1 radical (unpaired) electrons. The fourth-order valence-corrected chi connectivity index (χ4v) is 5.36. The fraction of sp³-hybridized carbons (Fsp3) is 0. The normalized spacial score (nSPS) is 10.4. The van der Waals surface area contributed by atoms with Crippen LogP contribution in [0.2, 0.25) is 0 Å². The molecule has 0 atom stereocenters. The van der Waals surface area contributed by atoms with Crippen LogP contribution in [0, 0.1) is 6.07 Å². The van der Waals surface area contributed by atoms with Crippen molar-refractivity contribution in [3.63, 3.8) is 0 Å². The first-order valence-electron chi connectivity index (χ1n) is 8.92. The van der Waals surface area contributed by atoms with E-state index in [-0.39, 0.29) is 32.8 Å². The van der Waals surface area contributed by atoms with Gasteiger partial charge in [0.1, 0.15) is 0 Å². The quantitative estimate of drug-likeness (QED) is 0.223. The molecule has 0 bridgehead atoms. The topological polar surface area (TPSA) is 12.4 Å². The number of hydrogen-bond donors (Lipinski definition) is 0. The molecule has 0 aliphatic heterocycles. The molecule has 0 unspecified atom stereocenters. The van der Waals surface area contributed by atoms with Crippen molar-refractivity contribution < 1.29 is 32.8 Å². The van der Waals surface area contributed by atoms with Crippen molar-refractivity contribution in [2.75, 3.05) is 0 Å². The maximum Gasteiger partial charge on any atom is 0.0713 e. The largest absolute Gasteiger partial charge is 1.00 e. The molecule has 4 aromatic carbocycles. The number of aliphatic imine (C=N–C) groups is 1. The van der Waals surface area contributed by atoms with Crippen LogP contribution in [0.1, 0.15) is 5.56 Å². The maximum atomic E-state index is 4.81. The number of rotatable bonds is 5. The van der Waals surface area contributed by atoms with Gasteiger partial charge in [0.25, 0.3) is 0 Å². The van der Waals surface area contributed by atoms with E-state index in [1.165, 1.54) is 15.9 Å². The first-order chi connectivity index (χ1) is 13.4. The number of para-hydroxylation sites is 1. The molecule has 147 valence electrons. The summed E-state index contributed by atoms with van der Waals surface area (Å²) in [5.41, 5.74) is 1.99. The predicted octanol–water partition coefficient (Wildman–Crippen LogP) is 2.00. The van der Waals surface area contributed by atoms with Gasteiger partial charge in [-0.2, -0.15) is 0 Å². The summed E-state index contributed by atoms with van der Waals surface area (Å²) in [6.45, 7) is 0. The third-order valence-electron chi connectivity index (χ3n) is 4.23. The Kier molecular flexibility index (Phi) is 9.46. The minimum absolute atomic E-state index is 0. The van der Waals surface area contributed by atoms with Crippen LogP contribution in [-0.2, 0) is 20.4 Å². The first kappa shape index (κ1) is 23.2. The van der Waals surface area contributed by atoms with Crippen LogP contribution in [0.4, 0.5) is 5.69 Å². The molecule has 0 spiro atoms. The second-order valence-electron chi connectivity index (χ2n) is 6.07. The average Bonchev–Trinajstić information content (AvgIpc) is 2.76. The van der Waals surface area contributed by atoms with E-state index in [4.69, 9.17) is 4.99 Å². The summed E-state index contributed by atoms with van der Waals surface area (Å²) in [5.74, 6) is 0. The molecular formula is C25H19ClNPPd-. The van der Waals surface area contributed by atoms with Gasteiger partial charge in [-0.3, -0.25) is 4.99 Å². The van der Waals surface area contributed by atoms with Crippen molar-refractivity contribution in [3.05, 3.63) is 121 Å². The molecule has 0 saturated carbocycles. The van der Waals surface area contributed by atoms with E-state index in [1.807, 2.05) is 36.5 Å². The molecule has 4 rings (SSSR count). The summed E-state index contributed by atoms with van der Waals surface area (Å²) < 4.78 is 0. The summed E-state index contributed by atoms with van der Waals surface area (Å²) in [6, 6.07) is 41.0. The fourth-order valence-electron chi connectivity index (χ4n) is 2.97. The summed E-state index contributed by atoms with van der Waals surface area (Å²) in [7, 11) is -0.671. The Hall–Kier alpha value is -2.07. The first-order valence-corrected chi connectivity index (χ1v) is 10.3. The molecule has 0 fully saturated rings. The number of halogens is 1. The summed E-state index contributed by atoms with van der Waals surface area (Å²) in [6.07, 6.45) is 1.89. The molecular weight excluding hydrogens is 487 g/mol. The van der Waals surface area contributed by atoms with Gasteiger partial charge in [0, 0.05) is 37.5 Å². The summed E-state index contributed by atoms with van der Waals surface area (Å²) in [4.78, 5) is 4.81. The minimum atomic E-state index is -0.671. The summed E-state index contributed by atoms with van der Waals surface area (Å²) >= 11 is 0. The second kappa shape index (κ2) is 11.8. The zero-order valence-corrected chi connectivity index (χ0v) is 18.8. The van der Waals surface area contributed by atoms with E-state index in [1.54, 1.807) is 0 Å². The van der Waals surface area contributed by atoms with Gasteiger partial charge in [-0.05, 0) is 30.7 Å². The van der Waals surface area contributed by atoms with Crippen LogP contribution in [0.3, 0.4) is 0 Å². The van der Waals surface area contributed by atoms with Gasteiger partial charge in [0.15, 0.2) is 0 Å². The van der Waals surface area contributed by atoms with E-state index < -0.39 is 7.92 Å². The predicted molar refractivity (Wildman–Crippen MR) is 118 cm³/mol. The van der Waals surface area contributed by atoms with Crippen molar-refractivity contribution >= 4 is 35.7 Å². The molecule has 4 aromatic rings. The van der Waals surface area contributed by atoms with Gasteiger partial charge >= 0.3 is 0 Å². The molecule has 0 saturated heterocycles. The Balaban J connectivity index is 0.00000150.